The summed E-state index contributed by atoms with van der Waals surface area (Å²) in [6.07, 6.45) is 0. The Hall–Kier alpha value is -2.41. The van der Waals surface area contributed by atoms with E-state index in [1.54, 1.807) is 6.92 Å². The highest BCUT2D eigenvalue weighted by molar-refractivity contribution is 5.94. The molecule has 3 N–H and O–H groups in total. The number of Topliss-reactive ketones (excluding diaryl/α,β-unsaturated/α-hetero) is 1. The van der Waals surface area contributed by atoms with Gasteiger partial charge < -0.3 is 20.4 Å². The topological polar surface area (TPSA) is 83.0 Å². The van der Waals surface area contributed by atoms with Gasteiger partial charge in [-0.2, -0.15) is 0 Å². The number of carbonyl (C=O) groups is 3. The number of nitrogens with one attached hydrogen (secondary N) is 3. The molecule has 142 valence electrons. The van der Waals surface area contributed by atoms with Crippen LogP contribution in [0.5, 0.6) is 0 Å². The smallest absolute Gasteiger partial charge is 0.275 e. The lowest BCUT2D eigenvalue weighted by Gasteiger charge is -2.33. The number of hydrogen-bond donors (Lipinski definition) is 3. The van der Waals surface area contributed by atoms with Gasteiger partial charge in [-0.25, -0.2) is 0 Å². The molecule has 1 aliphatic heterocycles. The van der Waals surface area contributed by atoms with E-state index in [1.165, 1.54) is 4.90 Å². The molecule has 1 heterocycles. The average molecular weight is 361 g/mol. The Bertz CT molecular complexity index is 635. The van der Waals surface area contributed by atoms with E-state index in [2.05, 4.69) is 15.5 Å². The first kappa shape index (κ1) is 19.9. The van der Waals surface area contributed by atoms with Crippen molar-refractivity contribution in [1.29, 1.82) is 0 Å². The lowest BCUT2D eigenvalue weighted by atomic mass is 10.1. The number of benzene rings is 1. The molecule has 1 aliphatic rings. The van der Waals surface area contributed by atoms with Gasteiger partial charge in [-0.1, -0.05) is 0 Å². The van der Waals surface area contributed by atoms with E-state index < -0.39 is 0 Å². The predicted octanol–water partition coefficient (Wildman–Crippen LogP) is -0.765. The number of anilines is 1. The lowest BCUT2D eigenvalue weighted by Crippen LogP contribution is -3.16. The van der Waals surface area contributed by atoms with E-state index >= 15 is 0 Å². The Labute approximate surface area is 154 Å². The van der Waals surface area contributed by atoms with E-state index in [0.29, 0.717) is 6.54 Å². The standard InChI is InChI=1S/C19H28N4O3/c1-14(2)21-18(25)12-20-19(26)13-22-8-10-23(11-9-22)17-6-4-16(5-7-17)15(3)24/h4-7,14H,8-13H2,1-3H3,(H,20,26)(H,21,25)/p+1. The van der Waals surface area contributed by atoms with Crippen molar-refractivity contribution in [3.05, 3.63) is 29.8 Å². The second-order valence-electron chi connectivity index (χ2n) is 7.02. The number of hydrogen-bond acceptors (Lipinski definition) is 4. The van der Waals surface area contributed by atoms with Gasteiger partial charge in [-0.15, -0.1) is 0 Å². The van der Waals surface area contributed by atoms with Gasteiger partial charge in [0.05, 0.1) is 32.7 Å². The van der Waals surface area contributed by atoms with Crippen LogP contribution in [0.1, 0.15) is 31.1 Å². The number of ketones is 1. The van der Waals surface area contributed by atoms with E-state index in [9.17, 15) is 14.4 Å². The Morgan fingerprint density at radius 3 is 2.23 bits per heavy atom. The van der Waals surface area contributed by atoms with Crippen LogP contribution in [0.4, 0.5) is 5.69 Å². The highest BCUT2D eigenvalue weighted by Crippen LogP contribution is 2.15. The number of quaternary nitrogens is 1. The number of rotatable bonds is 7. The van der Waals surface area contributed by atoms with Crippen LogP contribution in [-0.4, -0.2) is 62.9 Å². The molecule has 7 heteroatoms. The fraction of sp³-hybridized carbons (Fsp3) is 0.526. The Kier molecular flexibility index (Phi) is 7.15. The van der Waals surface area contributed by atoms with E-state index in [4.69, 9.17) is 0 Å². The molecule has 0 radical (unpaired) electrons. The molecule has 7 nitrogen and oxygen atoms in total. The van der Waals surface area contributed by atoms with Gasteiger partial charge in [-0.3, -0.25) is 14.4 Å². The van der Waals surface area contributed by atoms with E-state index in [-0.39, 0.29) is 30.2 Å². The molecule has 0 aromatic heterocycles. The molecule has 1 aromatic carbocycles. The maximum absolute atomic E-state index is 12.0. The summed E-state index contributed by atoms with van der Waals surface area (Å²) in [6.45, 7) is 9.18. The van der Waals surface area contributed by atoms with Crippen molar-refractivity contribution in [2.24, 2.45) is 0 Å². The van der Waals surface area contributed by atoms with Gasteiger partial charge in [-0.05, 0) is 45.0 Å². The number of piperazine rings is 1. The van der Waals surface area contributed by atoms with Crippen molar-refractivity contribution < 1.29 is 19.3 Å². The minimum absolute atomic E-state index is 0.0267. The molecular formula is C19H29N4O3+. The summed E-state index contributed by atoms with van der Waals surface area (Å²) >= 11 is 0. The zero-order chi connectivity index (χ0) is 19.1. The van der Waals surface area contributed by atoms with Gasteiger partial charge >= 0.3 is 0 Å². The molecule has 0 saturated carbocycles. The van der Waals surface area contributed by atoms with E-state index in [1.807, 2.05) is 38.1 Å². The molecule has 0 unspecified atom stereocenters. The van der Waals surface area contributed by atoms with Gasteiger partial charge in [0.15, 0.2) is 12.3 Å². The van der Waals surface area contributed by atoms with E-state index in [0.717, 1.165) is 37.4 Å². The molecule has 0 spiro atoms. The minimum Gasteiger partial charge on any atom is -0.360 e. The third kappa shape index (κ3) is 6.15. The zero-order valence-corrected chi connectivity index (χ0v) is 15.8. The third-order valence-corrected chi connectivity index (χ3v) is 4.42. The SMILES string of the molecule is CC(=O)c1ccc(N2CC[NH+](CC(=O)NCC(=O)NC(C)C)CC2)cc1. The quantitative estimate of drug-likeness (QED) is 0.557. The summed E-state index contributed by atoms with van der Waals surface area (Å²) in [7, 11) is 0. The zero-order valence-electron chi connectivity index (χ0n) is 15.8. The minimum atomic E-state index is -0.165. The molecule has 2 amide bonds. The fourth-order valence-electron chi connectivity index (χ4n) is 3.01. The summed E-state index contributed by atoms with van der Waals surface area (Å²) in [5.74, 6) is -0.195. The van der Waals surface area contributed by atoms with Gasteiger partial charge in [0.1, 0.15) is 0 Å². The van der Waals surface area contributed by atoms with Crippen molar-refractivity contribution in [2.45, 2.75) is 26.8 Å². The van der Waals surface area contributed by atoms with Crippen LogP contribution < -0.4 is 20.4 Å². The van der Waals surface area contributed by atoms with Crippen LogP contribution in [-0.2, 0) is 9.59 Å². The first-order chi connectivity index (χ1) is 12.3. The van der Waals surface area contributed by atoms with Crippen LogP contribution in [0.3, 0.4) is 0 Å². The number of nitrogens with zero attached hydrogens (tertiary/aromatic N) is 1. The second-order valence-corrected chi connectivity index (χ2v) is 7.02. The first-order valence-electron chi connectivity index (χ1n) is 9.10. The number of carbonyl (C=O) groups excluding carboxylic acids is 3. The molecule has 1 aromatic rings. The summed E-state index contributed by atoms with van der Waals surface area (Å²) in [5.41, 5.74) is 1.82. The van der Waals surface area contributed by atoms with Crippen molar-refractivity contribution in [3.8, 4) is 0 Å². The largest absolute Gasteiger partial charge is 0.360 e. The van der Waals surface area contributed by atoms with Gasteiger partial charge in [0.2, 0.25) is 5.91 Å². The molecule has 0 atom stereocenters. The monoisotopic (exact) mass is 361 g/mol. The van der Waals surface area contributed by atoms with Crippen molar-refractivity contribution in [2.75, 3.05) is 44.2 Å². The molecule has 26 heavy (non-hydrogen) atoms. The fourth-order valence-corrected chi connectivity index (χ4v) is 3.01. The molecular weight excluding hydrogens is 332 g/mol. The first-order valence-corrected chi connectivity index (χ1v) is 9.10. The van der Waals surface area contributed by atoms with Crippen LogP contribution in [0.2, 0.25) is 0 Å². The normalized spacial score (nSPS) is 15.0. The molecule has 1 fully saturated rings. The molecule has 2 rings (SSSR count). The molecule has 0 bridgehead atoms. The lowest BCUT2D eigenvalue weighted by molar-refractivity contribution is -0.892. The van der Waals surface area contributed by atoms with Gasteiger partial charge in [0, 0.05) is 17.3 Å². The van der Waals surface area contributed by atoms with Crippen LogP contribution in [0.25, 0.3) is 0 Å². The maximum Gasteiger partial charge on any atom is 0.275 e. The molecule has 0 aliphatic carbocycles. The summed E-state index contributed by atoms with van der Waals surface area (Å²) in [4.78, 5) is 38.4. The Morgan fingerprint density at radius 1 is 1.08 bits per heavy atom. The summed E-state index contributed by atoms with van der Waals surface area (Å²) in [5, 5.41) is 5.43. The summed E-state index contributed by atoms with van der Waals surface area (Å²) in [6, 6.07) is 7.73. The van der Waals surface area contributed by atoms with Crippen molar-refractivity contribution in [1.82, 2.24) is 10.6 Å². The third-order valence-electron chi connectivity index (χ3n) is 4.42. The number of amides is 2. The van der Waals surface area contributed by atoms with Crippen LogP contribution >= 0.6 is 0 Å². The van der Waals surface area contributed by atoms with Gasteiger partial charge in [0.25, 0.3) is 5.91 Å². The average Bonchev–Trinajstić information content (AvgIpc) is 2.60. The van der Waals surface area contributed by atoms with Crippen LogP contribution in [0.15, 0.2) is 24.3 Å². The van der Waals surface area contributed by atoms with Crippen LogP contribution in [0, 0.1) is 0 Å². The summed E-state index contributed by atoms with van der Waals surface area (Å²) < 4.78 is 0. The highest BCUT2D eigenvalue weighted by Gasteiger charge is 2.22. The Balaban J connectivity index is 1.73. The van der Waals surface area contributed by atoms with Crippen molar-refractivity contribution >= 4 is 23.3 Å². The molecule has 1 saturated heterocycles. The Morgan fingerprint density at radius 2 is 1.69 bits per heavy atom. The predicted molar refractivity (Wildman–Crippen MR) is 101 cm³/mol. The van der Waals surface area contributed by atoms with Crippen molar-refractivity contribution in [3.63, 3.8) is 0 Å². The maximum atomic E-state index is 12.0. The second kappa shape index (κ2) is 9.33. The highest BCUT2D eigenvalue weighted by atomic mass is 16.2.